The third kappa shape index (κ3) is 8.19. The summed E-state index contributed by atoms with van der Waals surface area (Å²) in [6.45, 7) is 4.39. The Balaban J connectivity index is 0.000000500. The molecule has 14 heavy (non-hydrogen) atoms. The van der Waals surface area contributed by atoms with Crippen molar-refractivity contribution in [2.24, 2.45) is 0 Å². The summed E-state index contributed by atoms with van der Waals surface area (Å²) in [6.07, 6.45) is 5.43. The first-order valence-electron chi connectivity index (χ1n) is 5.05. The van der Waals surface area contributed by atoms with Gasteiger partial charge in [0.25, 0.3) is 0 Å². The molecule has 0 saturated carbocycles. The number of hydrogen-bond acceptors (Lipinski definition) is 4. The summed E-state index contributed by atoms with van der Waals surface area (Å²) in [6, 6.07) is 0. The molecule has 0 amide bonds. The zero-order valence-corrected chi connectivity index (χ0v) is 8.78. The van der Waals surface area contributed by atoms with Crippen molar-refractivity contribution in [1.82, 2.24) is 5.32 Å². The SMILES string of the molecule is CCO.OCCNCC1C=CCCO1. The van der Waals surface area contributed by atoms with Gasteiger partial charge in [0, 0.05) is 19.7 Å². The fraction of sp³-hybridized carbons (Fsp3) is 0.800. The highest BCUT2D eigenvalue weighted by atomic mass is 16.5. The smallest absolute Gasteiger partial charge is 0.0880 e. The average Bonchev–Trinajstić information content (AvgIpc) is 2.21. The second-order valence-corrected chi connectivity index (χ2v) is 2.87. The number of nitrogens with one attached hydrogen (secondary N) is 1. The van der Waals surface area contributed by atoms with Gasteiger partial charge in [-0.25, -0.2) is 0 Å². The zero-order valence-electron chi connectivity index (χ0n) is 8.78. The van der Waals surface area contributed by atoms with Crippen LogP contribution in [0.3, 0.4) is 0 Å². The molecule has 1 aliphatic heterocycles. The highest BCUT2D eigenvalue weighted by Gasteiger charge is 2.06. The highest BCUT2D eigenvalue weighted by Crippen LogP contribution is 2.02. The van der Waals surface area contributed by atoms with Crippen LogP contribution in [-0.4, -0.2) is 49.2 Å². The molecule has 0 fully saturated rings. The fourth-order valence-electron chi connectivity index (χ4n) is 1.04. The molecule has 1 unspecified atom stereocenters. The van der Waals surface area contributed by atoms with Crippen LogP contribution < -0.4 is 5.32 Å². The third-order valence-electron chi connectivity index (χ3n) is 1.60. The molecule has 0 spiro atoms. The van der Waals surface area contributed by atoms with Crippen molar-refractivity contribution in [1.29, 1.82) is 0 Å². The standard InChI is InChI=1S/C8H15NO2.C2H6O/c10-5-4-9-7-8-3-1-2-6-11-8;1-2-3/h1,3,8-10H,2,4-7H2;3H,2H2,1H3. The van der Waals surface area contributed by atoms with Crippen molar-refractivity contribution >= 4 is 0 Å². The van der Waals surface area contributed by atoms with Crippen LogP contribution in [0, 0.1) is 0 Å². The maximum absolute atomic E-state index is 8.47. The van der Waals surface area contributed by atoms with Gasteiger partial charge in [-0.05, 0) is 13.3 Å². The molecular weight excluding hydrogens is 182 g/mol. The Kier molecular flexibility index (Phi) is 10.3. The lowest BCUT2D eigenvalue weighted by atomic mass is 10.2. The molecule has 0 aromatic carbocycles. The van der Waals surface area contributed by atoms with Gasteiger partial charge in [0.1, 0.15) is 0 Å². The number of hydrogen-bond donors (Lipinski definition) is 3. The zero-order chi connectivity index (χ0) is 10.6. The number of aliphatic hydroxyl groups excluding tert-OH is 2. The van der Waals surface area contributed by atoms with Crippen molar-refractivity contribution in [3.8, 4) is 0 Å². The minimum atomic E-state index is 0.191. The molecule has 0 bridgehead atoms. The second kappa shape index (κ2) is 10.7. The van der Waals surface area contributed by atoms with Crippen molar-refractivity contribution in [2.45, 2.75) is 19.4 Å². The Morgan fingerprint density at radius 1 is 1.50 bits per heavy atom. The minimum absolute atomic E-state index is 0.191. The summed E-state index contributed by atoms with van der Waals surface area (Å²) >= 11 is 0. The Bertz CT molecular complexity index is 139. The minimum Gasteiger partial charge on any atom is -0.397 e. The van der Waals surface area contributed by atoms with Gasteiger partial charge in [-0.15, -0.1) is 0 Å². The molecule has 1 aliphatic rings. The predicted molar refractivity (Wildman–Crippen MR) is 56.2 cm³/mol. The Morgan fingerprint density at radius 2 is 2.21 bits per heavy atom. The topological polar surface area (TPSA) is 61.7 Å². The van der Waals surface area contributed by atoms with E-state index in [4.69, 9.17) is 14.9 Å². The lowest BCUT2D eigenvalue weighted by molar-refractivity contribution is 0.0789. The number of aliphatic hydroxyl groups is 2. The molecular formula is C10H21NO3. The van der Waals surface area contributed by atoms with Gasteiger partial charge >= 0.3 is 0 Å². The molecule has 1 heterocycles. The van der Waals surface area contributed by atoms with Gasteiger partial charge in [-0.1, -0.05) is 12.2 Å². The molecule has 0 saturated heterocycles. The first-order valence-corrected chi connectivity index (χ1v) is 5.05. The van der Waals surface area contributed by atoms with Crippen LogP contribution in [0.2, 0.25) is 0 Å². The molecule has 84 valence electrons. The maximum atomic E-state index is 8.47. The van der Waals surface area contributed by atoms with Crippen LogP contribution >= 0.6 is 0 Å². The molecule has 3 N–H and O–H groups in total. The van der Waals surface area contributed by atoms with E-state index in [1.807, 2.05) is 0 Å². The van der Waals surface area contributed by atoms with Gasteiger partial charge in [-0.2, -0.15) is 0 Å². The van der Waals surface area contributed by atoms with E-state index < -0.39 is 0 Å². The largest absolute Gasteiger partial charge is 0.397 e. The van der Waals surface area contributed by atoms with Crippen LogP contribution in [-0.2, 0) is 4.74 Å². The van der Waals surface area contributed by atoms with Crippen LogP contribution in [0.25, 0.3) is 0 Å². The van der Waals surface area contributed by atoms with E-state index in [2.05, 4.69) is 17.5 Å². The molecule has 1 atom stereocenters. The van der Waals surface area contributed by atoms with E-state index in [9.17, 15) is 0 Å². The van der Waals surface area contributed by atoms with Crippen LogP contribution in [0.5, 0.6) is 0 Å². The first kappa shape index (κ1) is 13.6. The van der Waals surface area contributed by atoms with Crippen LogP contribution in [0.1, 0.15) is 13.3 Å². The highest BCUT2D eigenvalue weighted by molar-refractivity contribution is 4.93. The normalized spacial score (nSPS) is 20.1. The van der Waals surface area contributed by atoms with Crippen LogP contribution in [0.15, 0.2) is 12.2 Å². The Hall–Kier alpha value is -0.420. The summed E-state index contributed by atoms with van der Waals surface area (Å²) < 4.78 is 5.39. The van der Waals surface area contributed by atoms with Gasteiger partial charge in [0.05, 0.1) is 19.3 Å². The van der Waals surface area contributed by atoms with Gasteiger partial charge in [0.15, 0.2) is 0 Å². The van der Waals surface area contributed by atoms with Crippen LogP contribution in [0.4, 0.5) is 0 Å². The number of ether oxygens (including phenoxy) is 1. The molecule has 0 aliphatic carbocycles. The Labute approximate surface area is 85.6 Å². The average molecular weight is 203 g/mol. The lowest BCUT2D eigenvalue weighted by Gasteiger charge is -2.17. The number of rotatable bonds is 4. The predicted octanol–water partition coefficient (Wildman–Crippen LogP) is -0.0880. The molecule has 0 aromatic heterocycles. The van der Waals surface area contributed by atoms with Gasteiger partial charge < -0.3 is 20.3 Å². The van der Waals surface area contributed by atoms with E-state index in [-0.39, 0.29) is 19.3 Å². The molecule has 0 aromatic rings. The summed E-state index contributed by atoms with van der Waals surface area (Å²) in [4.78, 5) is 0. The van der Waals surface area contributed by atoms with E-state index in [0.29, 0.717) is 6.54 Å². The van der Waals surface area contributed by atoms with Crippen molar-refractivity contribution in [2.75, 3.05) is 32.9 Å². The summed E-state index contributed by atoms with van der Waals surface area (Å²) in [5, 5.41) is 19.1. The summed E-state index contributed by atoms with van der Waals surface area (Å²) in [7, 11) is 0. The van der Waals surface area contributed by atoms with Crippen molar-refractivity contribution < 1.29 is 14.9 Å². The van der Waals surface area contributed by atoms with E-state index in [1.54, 1.807) is 6.92 Å². The summed E-state index contributed by atoms with van der Waals surface area (Å²) in [5.41, 5.74) is 0. The van der Waals surface area contributed by atoms with E-state index in [0.717, 1.165) is 19.6 Å². The second-order valence-electron chi connectivity index (χ2n) is 2.87. The lowest BCUT2D eigenvalue weighted by Crippen LogP contribution is -2.31. The monoisotopic (exact) mass is 203 g/mol. The van der Waals surface area contributed by atoms with Crippen molar-refractivity contribution in [3.05, 3.63) is 12.2 Å². The van der Waals surface area contributed by atoms with E-state index in [1.165, 1.54) is 0 Å². The van der Waals surface area contributed by atoms with E-state index >= 15 is 0 Å². The quantitative estimate of drug-likeness (QED) is 0.441. The van der Waals surface area contributed by atoms with Crippen molar-refractivity contribution in [3.63, 3.8) is 0 Å². The first-order chi connectivity index (χ1) is 6.85. The summed E-state index contributed by atoms with van der Waals surface area (Å²) in [5.74, 6) is 0. The maximum Gasteiger partial charge on any atom is 0.0880 e. The molecule has 0 radical (unpaired) electrons. The Morgan fingerprint density at radius 3 is 2.71 bits per heavy atom. The van der Waals surface area contributed by atoms with Gasteiger partial charge in [-0.3, -0.25) is 0 Å². The fourth-order valence-corrected chi connectivity index (χ4v) is 1.04. The van der Waals surface area contributed by atoms with Gasteiger partial charge in [0.2, 0.25) is 0 Å². The molecule has 4 nitrogen and oxygen atoms in total. The third-order valence-corrected chi connectivity index (χ3v) is 1.60. The molecule has 1 rings (SSSR count). The molecule has 4 heteroatoms.